The van der Waals surface area contributed by atoms with Gasteiger partial charge in [0.15, 0.2) is 0 Å². The van der Waals surface area contributed by atoms with Crippen molar-refractivity contribution in [3.8, 4) is 0 Å². The molecule has 2 aromatic rings. The lowest BCUT2D eigenvalue weighted by molar-refractivity contribution is 0.560. The maximum absolute atomic E-state index is 5.80. The first-order valence-corrected chi connectivity index (χ1v) is 7.87. The highest BCUT2D eigenvalue weighted by Gasteiger charge is 2.18. The van der Waals surface area contributed by atoms with Crippen LogP contribution in [0, 0.1) is 0 Å². The third kappa shape index (κ3) is 3.10. The van der Waals surface area contributed by atoms with E-state index in [4.69, 9.17) is 5.73 Å². The van der Waals surface area contributed by atoms with E-state index in [1.807, 2.05) is 24.5 Å². The molecule has 0 aliphatic carbocycles. The van der Waals surface area contributed by atoms with Crippen molar-refractivity contribution in [1.29, 1.82) is 0 Å². The van der Waals surface area contributed by atoms with E-state index in [1.165, 1.54) is 0 Å². The molecule has 2 N–H and O–H groups in total. The molecule has 20 heavy (non-hydrogen) atoms. The van der Waals surface area contributed by atoms with E-state index in [0.29, 0.717) is 12.6 Å². The number of fused-ring (bicyclic) bond motifs is 1. The second-order valence-corrected chi connectivity index (χ2v) is 5.72. The highest BCUT2D eigenvalue weighted by molar-refractivity contribution is 9.10. The van der Waals surface area contributed by atoms with Gasteiger partial charge < -0.3 is 10.6 Å². The van der Waals surface area contributed by atoms with E-state index < -0.39 is 0 Å². The van der Waals surface area contributed by atoms with E-state index in [2.05, 4.69) is 44.6 Å². The number of rotatable bonds is 6. The Morgan fingerprint density at radius 1 is 1.30 bits per heavy atom. The van der Waals surface area contributed by atoms with Crippen molar-refractivity contribution in [2.75, 3.05) is 18.0 Å². The molecule has 0 bridgehead atoms. The average Bonchev–Trinajstić information content (AvgIpc) is 2.46. The Morgan fingerprint density at radius 3 is 2.70 bits per heavy atom. The van der Waals surface area contributed by atoms with Gasteiger partial charge in [-0.2, -0.15) is 0 Å². The van der Waals surface area contributed by atoms with Crippen LogP contribution in [0.15, 0.2) is 29.0 Å². The predicted molar refractivity (Wildman–Crippen MR) is 88.0 cm³/mol. The monoisotopic (exact) mass is 336 g/mol. The zero-order valence-corrected chi connectivity index (χ0v) is 13.6. The molecular weight excluding hydrogens is 316 g/mol. The van der Waals surface area contributed by atoms with Gasteiger partial charge >= 0.3 is 0 Å². The first-order valence-electron chi connectivity index (χ1n) is 7.08. The maximum Gasteiger partial charge on any atom is 0.112 e. The van der Waals surface area contributed by atoms with E-state index >= 15 is 0 Å². The predicted octanol–water partition coefficient (Wildman–Crippen LogP) is 3.35. The molecule has 0 unspecified atom stereocenters. The van der Waals surface area contributed by atoms with Gasteiger partial charge in [0.1, 0.15) is 5.52 Å². The first kappa shape index (κ1) is 15.2. The minimum absolute atomic E-state index is 0.481. The van der Waals surface area contributed by atoms with Crippen LogP contribution in [0.2, 0.25) is 0 Å². The highest BCUT2D eigenvalue weighted by atomic mass is 79.9. The van der Waals surface area contributed by atoms with Crippen molar-refractivity contribution < 1.29 is 0 Å². The van der Waals surface area contributed by atoms with Crippen LogP contribution in [-0.4, -0.2) is 29.1 Å². The summed E-state index contributed by atoms with van der Waals surface area (Å²) in [4.78, 5) is 11.3. The van der Waals surface area contributed by atoms with Crippen LogP contribution < -0.4 is 10.6 Å². The Balaban J connectivity index is 2.52. The molecule has 0 radical (unpaired) electrons. The molecule has 0 atom stereocenters. The number of nitrogens with zero attached hydrogens (tertiary/aromatic N) is 3. The fraction of sp³-hybridized carbons (Fsp3) is 0.467. The molecule has 0 aromatic carbocycles. The van der Waals surface area contributed by atoms with Crippen molar-refractivity contribution in [3.05, 3.63) is 29.0 Å². The van der Waals surface area contributed by atoms with E-state index in [-0.39, 0.29) is 0 Å². The molecule has 0 saturated carbocycles. The molecule has 2 heterocycles. The number of pyridine rings is 2. The molecule has 2 rings (SSSR count). The van der Waals surface area contributed by atoms with Gasteiger partial charge in [-0.1, -0.05) is 13.8 Å². The molecule has 0 aliphatic heterocycles. The van der Waals surface area contributed by atoms with Crippen molar-refractivity contribution in [2.24, 2.45) is 5.73 Å². The summed E-state index contributed by atoms with van der Waals surface area (Å²) in [5.41, 5.74) is 8.77. The lowest BCUT2D eigenvalue weighted by Crippen LogP contribution is -2.38. The van der Waals surface area contributed by atoms with Gasteiger partial charge in [0.05, 0.1) is 11.2 Å². The lowest BCUT2D eigenvalue weighted by Gasteiger charge is -2.32. The molecule has 0 fully saturated rings. The second kappa shape index (κ2) is 6.99. The van der Waals surface area contributed by atoms with Crippen molar-refractivity contribution in [1.82, 2.24) is 9.97 Å². The standard InChI is InChI=1S/C15H21BrN4/c1-3-12(4-2)20(8-6-17)14-5-7-18-13-9-11(16)10-19-15(13)14/h5,7,9-10,12H,3-4,6,8,17H2,1-2H3. The Labute approximate surface area is 128 Å². The number of hydrogen-bond donors (Lipinski definition) is 1. The Bertz CT molecular complexity index is 569. The van der Waals surface area contributed by atoms with Crippen LogP contribution >= 0.6 is 15.9 Å². The first-order chi connectivity index (χ1) is 9.71. The maximum atomic E-state index is 5.80. The number of halogens is 1. The van der Waals surface area contributed by atoms with Gasteiger partial charge in [-0.3, -0.25) is 9.97 Å². The second-order valence-electron chi connectivity index (χ2n) is 4.80. The Morgan fingerprint density at radius 2 is 2.05 bits per heavy atom. The molecule has 0 amide bonds. The zero-order chi connectivity index (χ0) is 14.5. The molecule has 0 aliphatic rings. The van der Waals surface area contributed by atoms with Crippen LogP contribution in [-0.2, 0) is 0 Å². The Kier molecular flexibility index (Phi) is 5.31. The number of aromatic nitrogens is 2. The van der Waals surface area contributed by atoms with Crippen molar-refractivity contribution in [3.63, 3.8) is 0 Å². The molecule has 4 nitrogen and oxygen atoms in total. The molecule has 0 saturated heterocycles. The number of hydrogen-bond acceptors (Lipinski definition) is 4. The molecule has 5 heteroatoms. The van der Waals surface area contributed by atoms with Gasteiger partial charge in [-0.25, -0.2) is 0 Å². The van der Waals surface area contributed by atoms with Gasteiger partial charge in [0.25, 0.3) is 0 Å². The lowest BCUT2D eigenvalue weighted by atomic mass is 10.1. The van der Waals surface area contributed by atoms with Crippen LogP contribution in [0.4, 0.5) is 5.69 Å². The van der Waals surface area contributed by atoms with E-state index in [0.717, 1.165) is 40.6 Å². The summed E-state index contributed by atoms with van der Waals surface area (Å²) in [6.45, 7) is 5.90. The largest absolute Gasteiger partial charge is 0.365 e. The molecule has 0 spiro atoms. The molecular formula is C15H21BrN4. The summed E-state index contributed by atoms with van der Waals surface area (Å²) in [5, 5.41) is 0. The van der Waals surface area contributed by atoms with Crippen LogP contribution in [0.1, 0.15) is 26.7 Å². The third-order valence-corrected chi connectivity index (χ3v) is 4.02. The third-order valence-electron chi connectivity index (χ3n) is 3.59. The smallest absolute Gasteiger partial charge is 0.112 e. The van der Waals surface area contributed by atoms with Crippen LogP contribution in [0.25, 0.3) is 11.0 Å². The summed E-state index contributed by atoms with van der Waals surface area (Å²) in [5.74, 6) is 0. The SMILES string of the molecule is CCC(CC)N(CCN)c1ccnc2cc(Br)cnc12. The van der Waals surface area contributed by atoms with Gasteiger partial charge in [-0.05, 0) is 40.9 Å². The van der Waals surface area contributed by atoms with Gasteiger partial charge in [0, 0.05) is 36.0 Å². The van der Waals surface area contributed by atoms with E-state index in [9.17, 15) is 0 Å². The summed E-state index contributed by atoms with van der Waals surface area (Å²) < 4.78 is 0.947. The summed E-state index contributed by atoms with van der Waals surface area (Å²) in [6.07, 6.45) is 5.85. The fourth-order valence-corrected chi connectivity index (χ4v) is 2.91. The van der Waals surface area contributed by atoms with Crippen molar-refractivity contribution >= 4 is 32.7 Å². The quantitative estimate of drug-likeness (QED) is 0.878. The summed E-state index contributed by atoms with van der Waals surface area (Å²) in [6, 6.07) is 4.52. The van der Waals surface area contributed by atoms with Crippen molar-refractivity contribution in [2.45, 2.75) is 32.7 Å². The number of anilines is 1. The van der Waals surface area contributed by atoms with Gasteiger partial charge in [-0.15, -0.1) is 0 Å². The minimum atomic E-state index is 0.481. The van der Waals surface area contributed by atoms with Crippen LogP contribution in [0.5, 0.6) is 0 Å². The minimum Gasteiger partial charge on any atom is -0.365 e. The Hall–Kier alpha value is -1.20. The summed E-state index contributed by atoms with van der Waals surface area (Å²) >= 11 is 3.44. The molecule has 2 aromatic heterocycles. The number of nitrogens with two attached hydrogens (primary N) is 1. The van der Waals surface area contributed by atoms with E-state index in [1.54, 1.807) is 0 Å². The van der Waals surface area contributed by atoms with Gasteiger partial charge in [0.2, 0.25) is 0 Å². The highest BCUT2D eigenvalue weighted by Crippen LogP contribution is 2.28. The summed E-state index contributed by atoms with van der Waals surface area (Å²) in [7, 11) is 0. The normalized spacial score (nSPS) is 11.2. The topological polar surface area (TPSA) is 55.0 Å². The van der Waals surface area contributed by atoms with Crippen LogP contribution in [0.3, 0.4) is 0 Å². The zero-order valence-electron chi connectivity index (χ0n) is 12.0. The molecule has 108 valence electrons. The fourth-order valence-electron chi connectivity index (χ4n) is 2.59. The average molecular weight is 337 g/mol.